The minimum Gasteiger partial charge on any atom is -0.372 e. The minimum atomic E-state index is 1.10. The number of alkyl halides is 1. The van der Waals surface area contributed by atoms with Crippen molar-refractivity contribution in [3.05, 3.63) is 29.8 Å². The predicted octanol–water partition coefficient (Wildman–Crippen LogP) is 3.61. The molecule has 1 aliphatic rings. The van der Waals surface area contributed by atoms with Gasteiger partial charge < -0.3 is 4.90 Å². The fraction of sp³-hybridized carbons (Fsp3) is 0.538. The van der Waals surface area contributed by atoms with Gasteiger partial charge in [0.25, 0.3) is 0 Å². The van der Waals surface area contributed by atoms with Crippen molar-refractivity contribution in [1.82, 2.24) is 0 Å². The Kier molecular flexibility index (Phi) is 4.07. The van der Waals surface area contributed by atoms with Crippen LogP contribution in [0, 0.1) is 0 Å². The summed E-state index contributed by atoms with van der Waals surface area (Å²) in [6, 6.07) is 9.09. The maximum atomic E-state index is 3.47. The summed E-state index contributed by atoms with van der Waals surface area (Å²) in [5.74, 6) is 0. The van der Waals surface area contributed by atoms with Gasteiger partial charge in [-0.1, -0.05) is 28.1 Å². The second-order valence-corrected chi connectivity index (χ2v) is 4.95. The van der Waals surface area contributed by atoms with Crippen molar-refractivity contribution >= 4 is 21.6 Å². The molecule has 0 aromatic heterocycles. The first kappa shape index (κ1) is 11.0. The molecule has 1 aromatic rings. The highest BCUT2D eigenvalue weighted by molar-refractivity contribution is 9.09. The predicted molar refractivity (Wildman–Crippen MR) is 70.0 cm³/mol. The van der Waals surface area contributed by atoms with E-state index in [4.69, 9.17) is 0 Å². The second-order valence-electron chi connectivity index (χ2n) is 4.15. The van der Waals surface area contributed by atoms with E-state index in [-0.39, 0.29) is 0 Å². The van der Waals surface area contributed by atoms with Crippen molar-refractivity contribution in [3.63, 3.8) is 0 Å². The molecule has 2 heteroatoms. The summed E-state index contributed by atoms with van der Waals surface area (Å²) in [5.41, 5.74) is 2.85. The summed E-state index contributed by atoms with van der Waals surface area (Å²) >= 11 is 3.47. The van der Waals surface area contributed by atoms with Crippen LogP contribution in [0.1, 0.15) is 24.8 Å². The van der Waals surface area contributed by atoms with Gasteiger partial charge in [0.2, 0.25) is 0 Å². The lowest BCUT2D eigenvalue weighted by Crippen LogP contribution is -2.17. The van der Waals surface area contributed by atoms with E-state index in [2.05, 4.69) is 45.1 Å². The Balaban J connectivity index is 1.96. The monoisotopic (exact) mass is 267 g/mol. The van der Waals surface area contributed by atoms with Crippen molar-refractivity contribution in [2.45, 2.75) is 25.7 Å². The summed E-state index contributed by atoms with van der Waals surface area (Å²) in [7, 11) is 0. The molecule has 0 spiro atoms. The first-order chi connectivity index (χ1) is 7.40. The largest absolute Gasteiger partial charge is 0.372 e. The molecule has 2 rings (SSSR count). The highest BCUT2D eigenvalue weighted by atomic mass is 79.9. The van der Waals surface area contributed by atoms with Crippen LogP contribution in [-0.2, 0) is 6.42 Å². The van der Waals surface area contributed by atoms with E-state index in [1.807, 2.05) is 0 Å². The van der Waals surface area contributed by atoms with Crippen molar-refractivity contribution in [2.24, 2.45) is 0 Å². The average Bonchev–Trinajstić information content (AvgIpc) is 2.80. The third-order valence-corrected chi connectivity index (χ3v) is 3.57. The van der Waals surface area contributed by atoms with Gasteiger partial charge in [-0.05, 0) is 43.4 Å². The van der Waals surface area contributed by atoms with Crippen LogP contribution in [0.3, 0.4) is 0 Å². The third kappa shape index (κ3) is 2.97. The van der Waals surface area contributed by atoms with Gasteiger partial charge in [0.15, 0.2) is 0 Å². The van der Waals surface area contributed by atoms with Gasteiger partial charge in [-0.3, -0.25) is 0 Å². The average molecular weight is 268 g/mol. The summed E-state index contributed by atoms with van der Waals surface area (Å²) in [4.78, 5) is 2.48. The number of hydrogen-bond donors (Lipinski definition) is 0. The number of aryl methyl sites for hydroxylation is 1. The van der Waals surface area contributed by atoms with Gasteiger partial charge in [-0.15, -0.1) is 0 Å². The quantitative estimate of drug-likeness (QED) is 0.754. The Labute approximate surface area is 101 Å². The van der Waals surface area contributed by atoms with Gasteiger partial charge in [-0.25, -0.2) is 0 Å². The standard InChI is InChI=1S/C13H18BrN/c14-9-3-4-12-5-7-13(8-6-12)15-10-1-2-11-15/h5-8H,1-4,9-11H2. The molecule has 0 aliphatic carbocycles. The van der Waals surface area contributed by atoms with Gasteiger partial charge in [0.1, 0.15) is 0 Å². The Morgan fingerprint density at radius 1 is 1.07 bits per heavy atom. The molecule has 0 saturated carbocycles. The van der Waals surface area contributed by atoms with Gasteiger partial charge in [-0.2, -0.15) is 0 Å². The van der Waals surface area contributed by atoms with E-state index in [1.165, 1.54) is 50.0 Å². The molecular weight excluding hydrogens is 250 g/mol. The molecule has 0 radical (unpaired) electrons. The lowest BCUT2D eigenvalue weighted by molar-refractivity contribution is 0.933. The number of halogens is 1. The van der Waals surface area contributed by atoms with E-state index >= 15 is 0 Å². The molecule has 0 unspecified atom stereocenters. The molecule has 1 saturated heterocycles. The minimum absolute atomic E-state index is 1.10. The Morgan fingerprint density at radius 3 is 2.33 bits per heavy atom. The molecule has 0 N–H and O–H groups in total. The van der Waals surface area contributed by atoms with Crippen molar-refractivity contribution in [1.29, 1.82) is 0 Å². The van der Waals surface area contributed by atoms with Gasteiger partial charge >= 0.3 is 0 Å². The van der Waals surface area contributed by atoms with Crippen LogP contribution in [0.5, 0.6) is 0 Å². The molecule has 0 atom stereocenters. The van der Waals surface area contributed by atoms with Crippen LogP contribution < -0.4 is 4.90 Å². The molecule has 0 amide bonds. The number of anilines is 1. The number of nitrogens with zero attached hydrogens (tertiary/aromatic N) is 1. The Hall–Kier alpha value is -0.500. The smallest absolute Gasteiger partial charge is 0.0366 e. The SMILES string of the molecule is BrCCCc1ccc(N2CCCC2)cc1. The zero-order valence-electron chi connectivity index (χ0n) is 9.08. The first-order valence-corrected chi connectivity index (χ1v) is 6.92. The van der Waals surface area contributed by atoms with Crippen molar-refractivity contribution in [3.8, 4) is 0 Å². The molecule has 15 heavy (non-hydrogen) atoms. The Bertz CT molecular complexity index is 288. The second kappa shape index (κ2) is 5.55. The van der Waals surface area contributed by atoms with Crippen LogP contribution >= 0.6 is 15.9 Å². The first-order valence-electron chi connectivity index (χ1n) is 5.80. The van der Waals surface area contributed by atoms with E-state index in [0.29, 0.717) is 0 Å². The van der Waals surface area contributed by atoms with E-state index in [9.17, 15) is 0 Å². The molecular formula is C13H18BrN. The van der Waals surface area contributed by atoms with Crippen LogP contribution in [0.25, 0.3) is 0 Å². The van der Waals surface area contributed by atoms with Crippen LogP contribution in [0.15, 0.2) is 24.3 Å². The van der Waals surface area contributed by atoms with E-state index in [0.717, 1.165) is 5.33 Å². The summed E-state index contributed by atoms with van der Waals surface area (Å²) < 4.78 is 0. The lowest BCUT2D eigenvalue weighted by Gasteiger charge is -2.17. The fourth-order valence-corrected chi connectivity index (χ4v) is 2.40. The van der Waals surface area contributed by atoms with Crippen molar-refractivity contribution in [2.75, 3.05) is 23.3 Å². The molecule has 1 heterocycles. The summed E-state index contributed by atoms with van der Waals surface area (Å²) in [5, 5.41) is 1.10. The van der Waals surface area contributed by atoms with E-state index < -0.39 is 0 Å². The third-order valence-electron chi connectivity index (χ3n) is 3.01. The number of benzene rings is 1. The highest BCUT2D eigenvalue weighted by Crippen LogP contribution is 2.20. The summed E-state index contributed by atoms with van der Waals surface area (Å²) in [6.07, 6.45) is 5.12. The lowest BCUT2D eigenvalue weighted by atomic mass is 10.1. The topological polar surface area (TPSA) is 3.24 Å². The molecule has 1 nitrogen and oxygen atoms in total. The molecule has 0 bridgehead atoms. The zero-order chi connectivity index (χ0) is 10.5. The molecule has 1 aromatic carbocycles. The number of rotatable bonds is 4. The molecule has 82 valence electrons. The molecule has 1 fully saturated rings. The summed E-state index contributed by atoms with van der Waals surface area (Å²) in [6.45, 7) is 2.47. The number of hydrogen-bond acceptors (Lipinski definition) is 1. The normalized spacial score (nSPS) is 15.9. The Morgan fingerprint density at radius 2 is 1.73 bits per heavy atom. The maximum absolute atomic E-state index is 3.47. The van der Waals surface area contributed by atoms with Gasteiger partial charge in [0.05, 0.1) is 0 Å². The van der Waals surface area contributed by atoms with Gasteiger partial charge in [0, 0.05) is 24.1 Å². The van der Waals surface area contributed by atoms with Crippen LogP contribution in [0.2, 0.25) is 0 Å². The maximum Gasteiger partial charge on any atom is 0.0366 e. The highest BCUT2D eigenvalue weighted by Gasteiger charge is 2.11. The van der Waals surface area contributed by atoms with Crippen molar-refractivity contribution < 1.29 is 0 Å². The zero-order valence-corrected chi connectivity index (χ0v) is 10.7. The van der Waals surface area contributed by atoms with E-state index in [1.54, 1.807) is 0 Å². The fourth-order valence-electron chi connectivity index (χ4n) is 2.12. The van der Waals surface area contributed by atoms with Crippen LogP contribution in [-0.4, -0.2) is 18.4 Å². The van der Waals surface area contributed by atoms with Crippen LogP contribution in [0.4, 0.5) is 5.69 Å². The molecule has 1 aliphatic heterocycles.